The number of alkyl halides is 2. The monoisotopic (exact) mass is 502 g/mol. The number of carbonyl (C=O) groups excluding carboxylic acids is 4. The number of esters is 1. The van der Waals surface area contributed by atoms with Gasteiger partial charge < -0.3 is 10.1 Å². The van der Waals surface area contributed by atoms with Crippen LogP contribution in [0.15, 0.2) is 54.6 Å². The average Bonchev–Trinajstić information content (AvgIpc) is 3.07. The molecule has 2 aromatic carbocycles. The summed E-state index contributed by atoms with van der Waals surface area (Å²) in [5.41, 5.74) is 1.33. The van der Waals surface area contributed by atoms with E-state index in [1.165, 1.54) is 12.1 Å². The van der Waals surface area contributed by atoms with Gasteiger partial charge in [0.05, 0.1) is 39.9 Å². The molecule has 0 unspecified atom stereocenters. The fraction of sp³-hybridized carbons (Fsp3) is 0.360. The van der Waals surface area contributed by atoms with Crippen LogP contribution in [-0.2, 0) is 19.1 Å². The van der Waals surface area contributed by atoms with Crippen LogP contribution >= 0.6 is 23.2 Å². The van der Waals surface area contributed by atoms with Gasteiger partial charge >= 0.3 is 5.97 Å². The quantitative estimate of drug-likeness (QED) is 0.368. The highest BCUT2D eigenvalue weighted by Crippen LogP contribution is 2.43. The van der Waals surface area contributed by atoms with Crippen LogP contribution in [0.4, 0.5) is 5.69 Å². The van der Waals surface area contributed by atoms with Crippen LogP contribution < -0.4 is 10.2 Å². The lowest BCUT2D eigenvalue weighted by atomic mass is 9.80. The van der Waals surface area contributed by atoms with E-state index in [1.807, 2.05) is 37.3 Å². The minimum atomic E-state index is -0.734. The number of rotatable bonds is 6. The SMILES string of the molecule is C[C@H](NC(=O)COC(=O)c1cccc(N2C(=O)[C@@H]3C[C@H](Cl)[C@@H](Cl)C[C@H]3C2=O)c1)c1ccccc1. The molecule has 4 rings (SSSR count). The van der Waals surface area contributed by atoms with E-state index in [1.54, 1.807) is 12.1 Å². The maximum Gasteiger partial charge on any atom is 0.338 e. The van der Waals surface area contributed by atoms with Crippen LogP contribution in [-0.4, -0.2) is 41.1 Å². The molecule has 1 saturated heterocycles. The van der Waals surface area contributed by atoms with Crippen LogP contribution in [0.2, 0.25) is 0 Å². The summed E-state index contributed by atoms with van der Waals surface area (Å²) >= 11 is 12.5. The van der Waals surface area contributed by atoms with E-state index in [9.17, 15) is 19.2 Å². The molecule has 0 bridgehead atoms. The van der Waals surface area contributed by atoms with E-state index in [0.29, 0.717) is 12.8 Å². The summed E-state index contributed by atoms with van der Waals surface area (Å²) in [6.07, 6.45) is 0.666. The minimum absolute atomic E-state index is 0.127. The van der Waals surface area contributed by atoms with Crippen molar-refractivity contribution in [2.24, 2.45) is 11.8 Å². The Bertz CT molecular complexity index is 1080. The molecule has 9 heteroatoms. The smallest absolute Gasteiger partial charge is 0.338 e. The average molecular weight is 503 g/mol. The predicted molar refractivity (Wildman–Crippen MR) is 128 cm³/mol. The van der Waals surface area contributed by atoms with Crippen LogP contribution in [0.1, 0.15) is 41.7 Å². The number of nitrogens with zero attached hydrogens (tertiary/aromatic N) is 1. The molecule has 1 aliphatic carbocycles. The number of anilines is 1. The maximum atomic E-state index is 13.0. The van der Waals surface area contributed by atoms with Gasteiger partial charge in [0.15, 0.2) is 6.61 Å². The van der Waals surface area contributed by atoms with Gasteiger partial charge in [-0.2, -0.15) is 0 Å². The summed E-state index contributed by atoms with van der Waals surface area (Å²) in [6, 6.07) is 15.2. The van der Waals surface area contributed by atoms with E-state index >= 15 is 0 Å². The van der Waals surface area contributed by atoms with Crippen molar-refractivity contribution in [1.82, 2.24) is 5.32 Å². The van der Waals surface area contributed by atoms with Crippen molar-refractivity contribution < 1.29 is 23.9 Å². The highest BCUT2D eigenvalue weighted by molar-refractivity contribution is 6.31. The molecule has 0 spiro atoms. The Morgan fingerprint density at radius 2 is 1.62 bits per heavy atom. The zero-order valence-corrected chi connectivity index (χ0v) is 20.0. The molecule has 2 aromatic rings. The number of carbonyl (C=O) groups is 4. The van der Waals surface area contributed by atoms with Crippen molar-refractivity contribution >= 4 is 52.6 Å². The van der Waals surface area contributed by atoms with Crippen molar-refractivity contribution in [3.63, 3.8) is 0 Å². The first-order valence-corrected chi connectivity index (χ1v) is 11.9. The van der Waals surface area contributed by atoms with Gasteiger partial charge in [-0.05, 0) is 43.5 Å². The fourth-order valence-corrected chi connectivity index (χ4v) is 5.03. The van der Waals surface area contributed by atoms with Crippen molar-refractivity contribution in [2.45, 2.75) is 36.6 Å². The standard InChI is InChI=1S/C25H24Cl2N2O5/c1-14(15-6-3-2-4-7-15)28-22(30)13-34-25(33)16-8-5-9-17(10-16)29-23(31)18-11-20(26)21(27)12-19(18)24(29)32/h2-10,14,18-21H,11-13H2,1H3,(H,28,30)/t14-,18+,19+,20-,21-/m0/s1. The summed E-state index contributed by atoms with van der Waals surface area (Å²) in [7, 11) is 0. The van der Waals surface area contributed by atoms with Crippen LogP contribution in [0.25, 0.3) is 0 Å². The van der Waals surface area contributed by atoms with Gasteiger partial charge in [0, 0.05) is 0 Å². The number of benzene rings is 2. The third-order valence-corrected chi connectivity index (χ3v) is 7.36. The first kappa shape index (κ1) is 24.2. The van der Waals surface area contributed by atoms with Gasteiger partial charge in [0.1, 0.15) is 0 Å². The van der Waals surface area contributed by atoms with Crippen molar-refractivity contribution in [2.75, 3.05) is 11.5 Å². The van der Waals surface area contributed by atoms with E-state index in [0.717, 1.165) is 10.5 Å². The Hall–Kier alpha value is -2.90. The normalized spacial score (nSPS) is 25.0. The Labute approximate surface area is 207 Å². The number of fused-ring (bicyclic) bond motifs is 1. The van der Waals surface area contributed by atoms with Crippen LogP contribution in [0.3, 0.4) is 0 Å². The van der Waals surface area contributed by atoms with Crippen LogP contribution in [0.5, 0.6) is 0 Å². The lowest BCUT2D eigenvalue weighted by Gasteiger charge is -2.28. The highest BCUT2D eigenvalue weighted by Gasteiger charge is 2.52. The Kier molecular flexibility index (Phi) is 7.24. The molecule has 178 valence electrons. The number of amides is 3. The molecular weight excluding hydrogens is 479 g/mol. The van der Waals surface area contributed by atoms with Gasteiger partial charge in [0.25, 0.3) is 5.91 Å². The number of hydrogen-bond acceptors (Lipinski definition) is 5. The first-order valence-electron chi connectivity index (χ1n) is 11.0. The molecule has 1 N–H and O–H groups in total. The molecule has 1 heterocycles. The number of ether oxygens (including phenoxy) is 1. The van der Waals surface area contributed by atoms with Crippen LogP contribution in [0, 0.1) is 11.8 Å². The van der Waals surface area contributed by atoms with E-state index in [-0.39, 0.29) is 39.9 Å². The predicted octanol–water partition coefficient (Wildman–Crippen LogP) is 3.84. The van der Waals surface area contributed by atoms with Gasteiger partial charge in [-0.3, -0.25) is 19.3 Å². The molecule has 7 nitrogen and oxygen atoms in total. The second-order valence-corrected chi connectivity index (χ2v) is 9.68. The van der Waals surface area contributed by atoms with Gasteiger partial charge in [-0.15, -0.1) is 23.2 Å². The summed E-state index contributed by atoms with van der Waals surface area (Å²) in [6.45, 7) is 1.37. The lowest BCUT2D eigenvalue weighted by Crippen LogP contribution is -2.34. The summed E-state index contributed by atoms with van der Waals surface area (Å²) < 4.78 is 5.15. The maximum absolute atomic E-state index is 13.0. The minimum Gasteiger partial charge on any atom is -0.452 e. The lowest BCUT2D eigenvalue weighted by molar-refractivity contribution is -0.125. The van der Waals surface area contributed by atoms with Gasteiger partial charge in [-0.1, -0.05) is 36.4 Å². The topological polar surface area (TPSA) is 92.8 Å². The largest absolute Gasteiger partial charge is 0.452 e. The molecule has 0 radical (unpaired) electrons. The van der Waals surface area contributed by atoms with E-state index in [4.69, 9.17) is 27.9 Å². The summed E-state index contributed by atoms with van der Waals surface area (Å²) in [4.78, 5) is 51.8. The second-order valence-electron chi connectivity index (χ2n) is 8.55. The van der Waals surface area contributed by atoms with Crippen molar-refractivity contribution in [3.8, 4) is 0 Å². The molecule has 5 atom stereocenters. The molecule has 2 aliphatic rings. The molecule has 0 aromatic heterocycles. The number of halogens is 2. The van der Waals surface area contributed by atoms with E-state index in [2.05, 4.69) is 5.32 Å². The summed E-state index contributed by atoms with van der Waals surface area (Å²) in [5, 5.41) is 2.01. The number of nitrogens with one attached hydrogen (secondary N) is 1. The Balaban J connectivity index is 1.39. The number of imide groups is 1. The molecule has 1 aliphatic heterocycles. The zero-order valence-electron chi connectivity index (χ0n) is 18.4. The molecule has 34 heavy (non-hydrogen) atoms. The molecule has 1 saturated carbocycles. The number of hydrogen-bond donors (Lipinski definition) is 1. The van der Waals surface area contributed by atoms with Gasteiger partial charge in [0.2, 0.25) is 11.8 Å². The van der Waals surface area contributed by atoms with Gasteiger partial charge in [-0.25, -0.2) is 4.79 Å². The second kappa shape index (κ2) is 10.2. The Morgan fingerprint density at radius 3 is 2.24 bits per heavy atom. The first-order chi connectivity index (χ1) is 16.3. The third-order valence-electron chi connectivity index (χ3n) is 6.26. The van der Waals surface area contributed by atoms with E-state index < -0.39 is 30.3 Å². The molecule has 2 fully saturated rings. The molecule has 3 amide bonds. The zero-order chi connectivity index (χ0) is 24.4. The highest BCUT2D eigenvalue weighted by atomic mass is 35.5. The third kappa shape index (κ3) is 4.95. The van der Waals surface area contributed by atoms with Crippen molar-refractivity contribution in [3.05, 3.63) is 65.7 Å². The molecular formula is C25H24Cl2N2O5. The van der Waals surface area contributed by atoms with Crippen molar-refractivity contribution in [1.29, 1.82) is 0 Å². The summed E-state index contributed by atoms with van der Waals surface area (Å²) in [5.74, 6) is -2.90. The fourth-order valence-electron chi connectivity index (χ4n) is 4.44. The Morgan fingerprint density at radius 1 is 1.00 bits per heavy atom.